The number of benzene rings is 1. The molecule has 1 N–H and O–H groups in total. The monoisotopic (exact) mass is 281 g/mol. The van der Waals surface area contributed by atoms with Crippen molar-refractivity contribution in [3.63, 3.8) is 0 Å². The second-order valence-corrected chi connectivity index (χ2v) is 4.69. The van der Waals surface area contributed by atoms with E-state index in [4.69, 9.17) is 9.47 Å². The maximum atomic E-state index is 11.1. The van der Waals surface area contributed by atoms with Crippen LogP contribution >= 0.6 is 0 Å². The first-order valence-corrected chi connectivity index (χ1v) is 6.47. The van der Waals surface area contributed by atoms with Gasteiger partial charge in [0, 0.05) is 38.8 Å². The number of hydrogen-bond acceptors (Lipinski definition) is 6. The Hall–Kier alpha value is -1.86. The summed E-state index contributed by atoms with van der Waals surface area (Å²) < 4.78 is 10.8. The molecule has 1 aromatic carbocycles. The van der Waals surface area contributed by atoms with Crippen molar-refractivity contribution in [3.05, 3.63) is 28.3 Å². The minimum Gasteiger partial charge on any atom is -0.497 e. The smallest absolute Gasteiger partial charge is 0.292 e. The maximum absolute atomic E-state index is 11.1. The molecule has 1 aromatic rings. The van der Waals surface area contributed by atoms with Gasteiger partial charge in [0.15, 0.2) is 0 Å². The van der Waals surface area contributed by atoms with E-state index in [1.165, 1.54) is 6.07 Å². The van der Waals surface area contributed by atoms with Gasteiger partial charge in [0.1, 0.15) is 11.4 Å². The summed E-state index contributed by atoms with van der Waals surface area (Å²) in [4.78, 5) is 12.6. The molecule has 7 heteroatoms. The zero-order valence-electron chi connectivity index (χ0n) is 11.7. The normalized spacial score (nSPS) is 18.6. The first-order chi connectivity index (χ1) is 9.61. The molecule has 0 bridgehead atoms. The summed E-state index contributed by atoms with van der Waals surface area (Å²) in [5.41, 5.74) is 0.598. The Kier molecular flexibility index (Phi) is 4.75. The Bertz CT molecular complexity index is 475. The van der Waals surface area contributed by atoms with Crippen LogP contribution in [-0.2, 0) is 4.74 Å². The fraction of sp³-hybridized carbons (Fsp3) is 0.538. The molecule has 0 aromatic heterocycles. The lowest BCUT2D eigenvalue weighted by molar-refractivity contribution is -0.384. The topological polar surface area (TPSA) is 76.9 Å². The molecule has 0 aliphatic carbocycles. The third kappa shape index (κ3) is 3.37. The Balaban J connectivity index is 2.17. The highest BCUT2D eigenvalue weighted by Crippen LogP contribution is 2.31. The van der Waals surface area contributed by atoms with Gasteiger partial charge in [-0.15, -0.1) is 0 Å². The van der Waals surface area contributed by atoms with Crippen LogP contribution in [0.4, 0.5) is 11.4 Å². The van der Waals surface area contributed by atoms with E-state index in [-0.39, 0.29) is 16.7 Å². The first-order valence-electron chi connectivity index (χ1n) is 6.47. The van der Waals surface area contributed by atoms with Gasteiger partial charge in [-0.05, 0) is 6.07 Å². The van der Waals surface area contributed by atoms with Crippen LogP contribution in [0, 0.1) is 10.1 Å². The van der Waals surface area contributed by atoms with Gasteiger partial charge in [-0.3, -0.25) is 10.1 Å². The lowest BCUT2D eigenvalue weighted by Gasteiger charge is -2.29. The van der Waals surface area contributed by atoms with Crippen molar-refractivity contribution in [2.24, 2.45) is 0 Å². The van der Waals surface area contributed by atoms with Crippen molar-refractivity contribution in [3.8, 4) is 5.75 Å². The molecule has 2 rings (SSSR count). The number of nitro groups is 1. The summed E-state index contributed by atoms with van der Waals surface area (Å²) >= 11 is 0. The highest BCUT2D eigenvalue weighted by atomic mass is 16.6. The van der Waals surface area contributed by atoms with Crippen LogP contribution in [0.2, 0.25) is 0 Å². The molecule has 7 nitrogen and oxygen atoms in total. The Morgan fingerprint density at radius 3 is 3.00 bits per heavy atom. The molecular formula is C13H19N3O4. The summed E-state index contributed by atoms with van der Waals surface area (Å²) in [5.74, 6) is 0.597. The van der Waals surface area contributed by atoms with E-state index in [0.717, 1.165) is 13.1 Å². The van der Waals surface area contributed by atoms with Crippen LogP contribution in [0.5, 0.6) is 5.75 Å². The average molecular weight is 281 g/mol. The fourth-order valence-corrected chi connectivity index (χ4v) is 2.23. The molecule has 1 aliphatic rings. The Labute approximate surface area is 117 Å². The van der Waals surface area contributed by atoms with Gasteiger partial charge in [0.25, 0.3) is 5.69 Å². The van der Waals surface area contributed by atoms with Crippen molar-refractivity contribution < 1.29 is 14.4 Å². The number of nitro benzene ring substituents is 1. The predicted octanol–water partition coefficient (Wildman–Crippen LogP) is 1.03. The molecule has 0 saturated carbocycles. The minimum atomic E-state index is -0.384. The SMILES string of the molecule is COc1ccc([N+](=O)[O-])c(N(C)CC2CNCCO2)c1. The van der Waals surface area contributed by atoms with Gasteiger partial charge in [-0.1, -0.05) is 0 Å². The molecule has 1 atom stereocenters. The van der Waals surface area contributed by atoms with Crippen molar-refractivity contribution in [2.45, 2.75) is 6.10 Å². The number of methoxy groups -OCH3 is 1. The number of morpholine rings is 1. The van der Waals surface area contributed by atoms with E-state index in [0.29, 0.717) is 24.6 Å². The van der Waals surface area contributed by atoms with E-state index in [1.54, 1.807) is 19.2 Å². The Morgan fingerprint density at radius 2 is 2.40 bits per heavy atom. The standard InChI is InChI=1S/C13H19N3O4/c1-15(9-11-8-14-5-6-20-11)13-7-10(19-2)3-4-12(13)16(17)18/h3-4,7,11,14H,5-6,8-9H2,1-2H3. The van der Waals surface area contributed by atoms with Gasteiger partial charge in [-0.25, -0.2) is 0 Å². The molecule has 0 radical (unpaired) electrons. The van der Waals surface area contributed by atoms with Crippen molar-refractivity contribution >= 4 is 11.4 Å². The predicted molar refractivity (Wildman–Crippen MR) is 75.5 cm³/mol. The summed E-state index contributed by atoms with van der Waals surface area (Å²) in [7, 11) is 3.36. The highest BCUT2D eigenvalue weighted by Gasteiger charge is 2.22. The number of likely N-dealkylation sites (N-methyl/N-ethyl adjacent to an activating group) is 1. The highest BCUT2D eigenvalue weighted by molar-refractivity contribution is 5.65. The first kappa shape index (κ1) is 14.5. The second-order valence-electron chi connectivity index (χ2n) is 4.69. The third-order valence-corrected chi connectivity index (χ3v) is 3.27. The number of hydrogen-bond donors (Lipinski definition) is 1. The van der Waals surface area contributed by atoms with Crippen LogP contribution in [-0.4, -0.2) is 51.4 Å². The van der Waals surface area contributed by atoms with Crippen LogP contribution in [0.3, 0.4) is 0 Å². The second kappa shape index (κ2) is 6.53. The Morgan fingerprint density at radius 1 is 1.60 bits per heavy atom. The lowest BCUT2D eigenvalue weighted by atomic mass is 10.2. The van der Waals surface area contributed by atoms with E-state index in [9.17, 15) is 10.1 Å². The fourth-order valence-electron chi connectivity index (χ4n) is 2.23. The molecule has 110 valence electrons. The summed E-state index contributed by atoms with van der Waals surface area (Å²) in [6.07, 6.45) is 0.0274. The van der Waals surface area contributed by atoms with Gasteiger partial charge >= 0.3 is 0 Å². The largest absolute Gasteiger partial charge is 0.497 e. The van der Waals surface area contributed by atoms with Crippen molar-refractivity contribution in [1.29, 1.82) is 0 Å². The quantitative estimate of drug-likeness (QED) is 0.641. The number of ether oxygens (including phenoxy) is 2. The van der Waals surface area contributed by atoms with Gasteiger partial charge in [-0.2, -0.15) is 0 Å². The van der Waals surface area contributed by atoms with Gasteiger partial charge in [0.05, 0.1) is 24.7 Å². The summed E-state index contributed by atoms with van der Waals surface area (Å²) in [6, 6.07) is 4.73. The van der Waals surface area contributed by atoms with Crippen LogP contribution in [0.15, 0.2) is 18.2 Å². The molecule has 1 heterocycles. The van der Waals surface area contributed by atoms with Crippen LogP contribution in [0.1, 0.15) is 0 Å². The molecular weight excluding hydrogens is 262 g/mol. The van der Waals surface area contributed by atoms with Gasteiger partial charge in [0.2, 0.25) is 0 Å². The average Bonchev–Trinajstić information content (AvgIpc) is 2.47. The van der Waals surface area contributed by atoms with Crippen LogP contribution < -0.4 is 15.0 Å². The van der Waals surface area contributed by atoms with Gasteiger partial charge < -0.3 is 19.7 Å². The number of nitrogens with one attached hydrogen (secondary N) is 1. The maximum Gasteiger partial charge on any atom is 0.292 e. The third-order valence-electron chi connectivity index (χ3n) is 3.27. The van der Waals surface area contributed by atoms with E-state index >= 15 is 0 Å². The number of rotatable bonds is 5. The molecule has 0 amide bonds. The molecule has 1 unspecified atom stereocenters. The lowest BCUT2D eigenvalue weighted by Crippen LogP contribution is -2.44. The minimum absolute atomic E-state index is 0.0274. The zero-order valence-corrected chi connectivity index (χ0v) is 11.7. The summed E-state index contributed by atoms with van der Waals surface area (Å²) in [5, 5.41) is 14.4. The zero-order chi connectivity index (χ0) is 14.5. The molecule has 1 fully saturated rings. The summed E-state index contributed by atoms with van der Waals surface area (Å²) in [6.45, 7) is 2.85. The number of anilines is 1. The molecule has 0 spiro atoms. The molecule has 20 heavy (non-hydrogen) atoms. The van der Waals surface area contributed by atoms with Crippen molar-refractivity contribution in [2.75, 3.05) is 45.3 Å². The molecule has 1 aliphatic heterocycles. The van der Waals surface area contributed by atoms with E-state index in [2.05, 4.69) is 5.32 Å². The van der Waals surface area contributed by atoms with Crippen molar-refractivity contribution in [1.82, 2.24) is 5.32 Å². The van der Waals surface area contributed by atoms with Crippen LogP contribution in [0.25, 0.3) is 0 Å². The molecule has 1 saturated heterocycles. The van der Waals surface area contributed by atoms with E-state index < -0.39 is 0 Å². The number of nitrogens with zero attached hydrogens (tertiary/aromatic N) is 2. The van der Waals surface area contributed by atoms with E-state index in [1.807, 2.05) is 11.9 Å².